The zero-order chi connectivity index (χ0) is 17.2. The second kappa shape index (κ2) is 6.52. The number of carbonyl (C=O) groups excluding carboxylic acids is 1. The smallest absolute Gasteiger partial charge is 0.261 e. The molecule has 3 rings (SSSR count). The van der Waals surface area contributed by atoms with Crippen molar-refractivity contribution in [2.24, 2.45) is 0 Å². The van der Waals surface area contributed by atoms with E-state index in [1.165, 1.54) is 19.2 Å². The molecule has 2 aromatic carbocycles. The number of carbonyl (C=O) groups is 1. The average Bonchev–Trinajstić information content (AvgIpc) is 3.39. The molecule has 0 atom stereocenters. The van der Waals surface area contributed by atoms with Gasteiger partial charge in [0.1, 0.15) is 5.75 Å². The first-order valence-electron chi connectivity index (χ1n) is 7.56. The zero-order valence-corrected chi connectivity index (χ0v) is 14.0. The molecule has 1 saturated carbocycles. The van der Waals surface area contributed by atoms with Gasteiger partial charge in [0.25, 0.3) is 15.9 Å². The lowest BCUT2D eigenvalue weighted by molar-refractivity contribution is 0.0951. The number of anilines is 1. The van der Waals surface area contributed by atoms with Crippen molar-refractivity contribution >= 4 is 21.6 Å². The van der Waals surface area contributed by atoms with Crippen molar-refractivity contribution in [3.8, 4) is 5.75 Å². The van der Waals surface area contributed by atoms with Gasteiger partial charge >= 0.3 is 0 Å². The first kappa shape index (κ1) is 16.3. The predicted molar refractivity (Wildman–Crippen MR) is 90.7 cm³/mol. The molecule has 0 spiro atoms. The molecule has 0 unspecified atom stereocenters. The van der Waals surface area contributed by atoms with Crippen LogP contribution < -0.4 is 14.8 Å². The maximum Gasteiger partial charge on any atom is 0.261 e. The number of ether oxygens (including phenoxy) is 1. The molecule has 1 aliphatic carbocycles. The van der Waals surface area contributed by atoms with Crippen molar-refractivity contribution in [2.75, 3.05) is 11.8 Å². The number of amides is 1. The Bertz CT molecular complexity index is 826. The molecule has 0 aliphatic heterocycles. The zero-order valence-electron chi connectivity index (χ0n) is 13.2. The van der Waals surface area contributed by atoms with E-state index in [2.05, 4.69) is 10.0 Å². The lowest BCUT2D eigenvalue weighted by Crippen LogP contribution is -2.25. The Hall–Kier alpha value is -2.54. The molecule has 6 nitrogen and oxygen atoms in total. The summed E-state index contributed by atoms with van der Waals surface area (Å²) >= 11 is 0. The number of hydrogen-bond donors (Lipinski definition) is 2. The summed E-state index contributed by atoms with van der Waals surface area (Å²) in [5, 5.41) is 2.89. The number of nitrogens with one attached hydrogen (secondary N) is 2. The summed E-state index contributed by atoms with van der Waals surface area (Å²) in [5.74, 6) is 0.446. The minimum atomic E-state index is -3.69. The van der Waals surface area contributed by atoms with Crippen LogP contribution in [0.2, 0.25) is 0 Å². The van der Waals surface area contributed by atoms with Crippen LogP contribution in [-0.2, 0) is 10.0 Å². The molecule has 1 fully saturated rings. The van der Waals surface area contributed by atoms with E-state index >= 15 is 0 Å². The summed E-state index contributed by atoms with van der Waals surface area (Å²) in [6.07, 6.45) is 2.04. The third-order valence-corrected chi connectivity index (χ3v) is 5.08. The quantitative estimate of drug-likeness (QED) is 0.841. The van der Waals surface area contributed by atoms with Gasteiger partial charge in [-0.25, -0.2) is 8.42 Å². The lowest BCUT2D eigenvalue weighted by Gasteiger charge is -2.09. The van der Waals surface area contributed by atoms with Crippen LogP contribution >= 0.6 is 0 Å². The summed E-state index contributed by atoms with van der Waals surface area (Å²) in [4.78, 5) is 12.0. The van der Waals surface area contributed by atoms with Gasteiger partial charge in [-0.15, -0.1) is 0 Å². The van der Waals surface area contributed by atoms with Crippen LogP contribution in [0.1, 0.15) is 23.2 Å². The number of benzene rings is 2. The van der Waals surface area contributed by atoms with Gasteiger partial charge in [0, 0.05) is 17.3 Å². The normalized spacial score (nSPS) is 14.0. The lowest BCUT2D eigenvalue weighted by atomic mass is 10.2. The van der Waals surface area contributed by atoms with Crippen LogP contribution in [0.3, 0.4) is 0 Å². The number of methoxy groups -OCH3 is 1. The molecule has 0 radical (unpaired) electrons. The fraction of sp³-hybridized carbons (Fsp3) is 0.235. The molecule has 7 heteroatoms. The summed E-state index contributed by atoms with van der Waals surface area (Å²) in [5.41, 5.74) is 0.906. The highest BCUT2D eigenvalue weighted by Crippen LogP contribution is 2.21. The van der Waals surface area contributed by atoms with Gasteiger partial charge in [0.2, 0.25) is 0 Å². The number of hydrogen-bond acceptors (Lipinski definition) is 4. The highest BCUT2D eigenvalue weighted by molar-refractivity contribution is 7.92. The highest BCUT2D eigenvalue weighted by Gasteiger charge is 2.23. The van der Waals surface area contributed by atoms with Gasteiger partial charge in [-0.1, -0.05) is 0 Å². The van der Waals surface area contributed by atoms with E-state index in [0.29, 0.717) is 17.0 Å². The Balaban J connectivity index is 1.70. The van der Waals surface area contributed by atoms with E-state index in [1.54, 1.807) is 36.4 Å². The molecule has 1 amide bonds. The van der Waals surface area contributed by atoms with E-state index in [1.807, 2.05) is 0 Å². The molecular weight excluding hydrogens is 328 g/mol. The maximum absolute atomic E-state index is 12.3. The second-order valence-electron chi connectivity index (χ2n) is 5.61. The second-order valence-corrected chi connectivity index (χ2v) is 7.29. The van der Waals surface area contributed by atoms with E-state index < -0.39 is 10.0 Å². The van der Waals surface area contributed by atoms with Crippen LogP contribution in [0.25, 0.3) is 0 Å². The summed E-state index contributed by atoms with van der Waals surface area (Å²) < 4.78 is 32.2. The third-order valence-electron chi connectivity index (χ3n) is 3.68. The molecule has 2 aromatic rings. The van der Waals surface area contributed by atoms with Gasteiger partial charge in [-0.2, -0.15) is 0 Å². The minimum Gasteiger partial charge on any atom is -0.497 e. The van der Waals surface area contributed by atoms with Gasteiger partial charge in [0.15, 0.2) is 0 Å². The van der Waals surface area contributed by atoms with Gasteiger partial charge in [0.05, 0.1) is 12.0 Å². The Morgan fingerprint density at radius 2 is 1.67 bits per heavy atom. The number of sulfonamides is 1. The maximum atomic E-state index is 12.3. The largest absolute Gasteiger partial charge is 0.497 e. The molecule has 0 bridgehead atoms. The van der Waals surface area contributed by atoms with Crippen molar-refractivity contribution < 1.29 is 17.9 Å². The Labute approximate surface area is 140 Å². The van der Waals surface area contributed by atoms with Crippen LogP contribution in [0.5, 0.6) is 5.75 Å². The first-order valence-corrected chi connectivity index (χ1v) is 9.04. The van der Waals surface area contributed by atoms with Crippen molar-refractivity contribution in [3.05, 3.63) is 54.1 Å². The third kappa shape index (κ3) is 3.86. The van der Waals surface area contributed by atoms with Gasteiger partial charge in [-0.3, -0.25) is 9.52 Å². The van der Waals surface area contributed by atoms with E-state index in [4.69, 9.17) is 4.74 Å². The predicted octanol–water partition coefficient (Wildman–Crippen LogP) is 2.39. The monoisotopic (exact) mass is 346 g/mol. The van der Waals surface area contributed by atoms with Crippen molar-refractivity contribution in [1.29, 1.82) is 0 Å². The molecule has 24 heavy (non-hydrogen) atoms. The summed E-state index contributed by atoms with van der Waals surface area (Å²) in [6, 6.07) is 12.7. The molecule has 126 valence electrons. The van der Waals surface area contributed by atoms with Crippen LogP contribution in [0.15, 0.2) is 53.4 Å². The van der Waals surface area contributed by atoms with E-state index in [-0.39, 0.29) is 16.8 Å². The molecule has 0 heterocycles. The molecular formula is C17H18N2O4S. The standard InChI is InChI=1S/C17H18N2O4S/c1-23-15-8-10-16(11-9-15)24(21,22)19-14-4-2-12(3-5-14)17(20)18-13-6-7-13/h2-5,8-11,13,19H,6-7H2,1H3,(H,18,20). The van der Waals surface area contributed by atoms with Gasteiger partial charge < -0.3 is 10.1 Å². The van der Waals surface area contributed by atoms with Crippen LogP contribution in [0, 0.1) is 0 Å². The Kier molecular flexibility index (Phi) is 4.44. The molecule has 1 aliphatic rings. The summed E-state index contributed by atoms with van der Waals surface area (Å²) in [7, 11) is -2.17. The fourth-order valence-corrected chi connectivity index (χ4v) is 3.21. The molecule has 2 N–H and O–H groups in total. The molecule has 0 saturated heterocycles. The van der Waals surface area contributed by atoms with Crippen molar-refractivity contribution in [1.82, 2.24) is 5.32 Å². The highest BCUT2D eigenvalue weighted by atomic mass is 32.2. The van der Waals surface area contributed by atoms with Crippen molar-refractivity contribution in [2.45, 2.75) is 23.8 Å². The fourth-order valence-electron chi connectivity index (χ4n) is 2.15. The number of rotatable bonds is 6. The van der Waals surface area contributed by atoms with Crippen molar-refractivity contribution in [3.63, 3.8) is 0 Å². The Morgan fingerprint density at radius 1 is 1.04 bits per heavy atom. The van der Waals surface area contributed by atoms with Crippen LogP contribution in [0.4, 0.5) is 5.69 Å². The SMILES string of the molecule is COc1ccc(S(=O)(=O)Nc2ccc(C(=O)NC3CC3)cc2)cc1. The van der Waals surface area contributed by atoms with Gasteiger partial charge in [-0.05, 0) is 61.4 Å². The Morgan fingerprint density at radius 3 is 2.21 bits per heavy atom. The van der Waals surface area contributed by atoms with Crippen LogP contribution in [-0.4, -0.2) is 27.5 Å². The average molecular weight is 346 g/mol. The minimum absolute atomic E-state index is 0.137. The summed E-state index contributed by atoms with van der Waals surface area (Å²) in [6.45, 7) is 0. The molecule has 0 aromatic heterocycles. The van der Waals surface area contributed by atoms with E-state index in [9.17, 15) is 13.2 Å². The topological polar surface area (TPSA) is 84.5 Å². The van der Waals surface area contributed by atoms with E-state index in [0.717, 1.165) is 12.8 Å². The first-order chi connectivity index (χ1) is 11.5.